The minimum Gasteiger partial charge on any atom is -0.374 e. The summed E-state index contributed by atoms with van der Waals surface area (Å²) in [5.74, 6) is 0. The second-order valence-electron chi connectivity index (χ2n) is 9.22. The molecule has 0 unspecified atom stereocenters. The van der Waals surface area contributed by atoms with E-state index in [1.807, 2.05) is 0 Å². The highest BCUT2D eigenvalue weighted by Gasteiger charge is 2.24. The first-order valence-corrected chi connectivity index (χ1v) is 15.8. The van der Waals surface area contributed by atoms with Crippen LogP contribution in [0.15, 0.2) is 12.2 Å². The molecule has 0 saturated carbocycles. The zero-order valence-corrected chi connectivity index (χ0v) is 21.9. The van der Waals surface area contributed by atoms with E-state index >= 15 is 0 Å². The average molecular weight is 462 g/mol. The smallest absolute Gasteiger partial charge is 0.0755 e. The van der Waals surface area contributed by atoms with E-state index in [1.54, 1.807) is 0 Å². The molecule has 0 rings (SSSR count). The zero-order chi connectivity index (χ0) is 20.4. The second-order valence-corrected chi connectivity index (χ2v) is 13.9. The van der Waals surface area contributed by atoms with Crippen molar-refractivity contribution >= 4 is 24.7 Å². The van der Waals surface area contributed by atoms with Crippen LogP contribution in [-0.2, 0) is 4.74 Å². The Balaban J connectivity index is 3.84. The summed E-state index contributed by atoms with van der Waals surface area (Å²) in [4.78, 5) is 0. The van der Waals surface area contributed by atoms with E-state index in [0.717, 1.165) is 6.61 Å². The summed E-state index contributed by atoms with van der Waals surface area (Å²) < 4.78 is 6.32. The first-order chi connectivity index (χ1) is 12.9. The molecular weight excluding hydrogens is 412 g/mol. The molecule has 27 heavy (non-hydrogen) atoms. The summed E-state index contributed by atoms with van der Waals surface area (Å²) in [6.45, 7) is 12.8. The molecule has 0 aliphatic rings. The van der Waals surface area contributed by atoms with Crippen LogP contribution >= 0.6 is 15.9 Å². The lowest BCUT2D eigenvalue weighted by molar-refractivity contribution is 0.0616. The van der Waals surface area contributed by atoms with E-state index in [2.05, 4.69) is 61.9 Å². The number of hydrogen-bond acceptors (Lipinski definition) is 1. The number of hydrogen-bond donors (Lipinski definition) is 0. The Morgan fingerprint density at radius 1 is 0.889 bits per heavy atom. The van der Waals surface area contributed by atoms with Gasteiger partial charge in [0.25, 0.3) is 0 Å². The fourth-order valence-corrected chi connectivity index (χ4v) is 3.80. The lowest BCUT2D eigenvalue weighted by Gasteiger charge is -2.29. The maximum Gasteiger partial charge on any atom is 0.0755 e. The van der Waals surface area contributed by atoms with Gasteiger partial charge in [0.1, 0.15) is 0 Å². The van der Waals surface area contributed by atoms with Gasteiger partial charge in [0.05, 0.1) is 6.10 Å². The Labute approximate surface area is 181 Å². The third-order valence-corrected chi connectivity index (χ3v) is 9.78. The van der Waals surface area contributed by atoms with Gasteiger partial charge < -0.3 is 4.74 Å². The molecule has 0 aromatic carbocycles. The van der Waals surface area contributed by atoms with Crippen LogP contribution in [0.5, 0.6) is 0 Å². The molecule has 1 nitrogen and oxygen atoms in total. The van der Waals surface area contributed by atoms with Crippen molar-refractivity contribution in [3.05, 3.63) is 12.2 Å². The molecule has 0 fully saturated rings. The van der Waals surface area contributed by atoms with Gasteiger partial charge in [-0.1, -0.05) is 120 Å². The average Bonchev–Trinajstić information content (AvgIpc) is 2.64. The Bertz CT molecular complexity index is 341. The highest BCUT2D eigenvalue weighted by atomic mass is 79.9. The molecule has 0 aliphatic heterocycles. The van der Waals surface area contributed by atoms with E-state index < -0.39 is 8.80 Å². The van der Waals surface area contributed by atoms with Gasteiger partial charge in [0, 0.05) is 20.7 Å². The van der Waals surface area contributed by atoms with E-state index in [-0.39, 0.29) is 0 Å². The van der Waals surface area contributed by atoms with Gasteiger partial charge in [0.2, 0.25) is 0 Å². The van der Waals surface area contributed by atoms with Crippen molar-refractivity contribution in [3.63, 3.8) is 0 Å². The summed E-state index contributed by atoms with van der Waals surface area (Å²) in [5, 5.41) is 1.56. The molecule has 0 radical (unpaired) electrons. The number of allylic oxidation sites excluding steroid dienone is 1. The maximum absolute atomic E-state index is 6.32. The van der Waals surface area contributed by atoms with Crippen LogP contribution < -0.4 is 0 Å². The van der Waals surface area contributed by atoms with Crippen molar-refractivity contribution in [1.82, 2.24) is 0 Å². The van der Waals surface area contributed by atoms with Crippen molar-refractivity contribution in [1.29, 1.82) is 0 Å². The van der Waals surface area contributed by atoms with Gasteiger partial charge in [-0.25, -0.2) is 0 Å². The van der Waals surface area contributed by atoms with E-state index in [9.17, 15) is 0 Å². The molecule has 0 amide bonds. The van der Waals surface area contributed by atoms with Crippen LogP contribution in [0.1, 0.15) is 104 Å². The number of unbranched alkanes of at least 4 members (excludes halogenated alkanes) is 10. The minimum absolute atomic E-state index is 0.330. The molecule has 0 aromatic rings. The van der Waals surface area contributed by atoms with E-state index in [1.165, 1.54) is 88.8 Å². The monoisotopic (exact) mass is 460 g/mol. The molecule has 0 saturated heterocycles. The Morgan fingerprint density at radius 3 is 1.96 bits per heavy atom. The highest BCUT2D eigenvalue weighted by Crippen LogP contribution is 2.29. The second kappa shape index (κ2) is 18.4. The fourth-order valence-electron chi connectivity index (χ4n) is 2.97. The van der Waals surface area contributed by atoms with Gasteiger partial charge in [-0.2, -0.15) is 0 Å². The van der Waals surface area contributed by atoms with Crippen LogP contribution in [-0.4, -0.2) is 26.8 Å². The standard InChI is InChI=1S/C24H49BrOSi/c1-6-7-19-23(26-22-24(2,3)27(4)5)20-17-15-13-11-9-8-10-12-14-16-18-21-25/h17,20,23,27H,6-16,18-19,21-22H2,1-5H3/b20-17-/t23-/m1/s1. The van der Waals surface area contributed by atoms with Gasteiger partial charge in [0.15, 0.2) is 0 Å². The summed E-state index contributed by atoms with van der Waals surface area (Å²) >= 11 is 3.51. The van der Waals surface area contributed by atoms with Gasteiger partial charge in [-0.3, -0.25) is 0 Å². The van der Waals surface area contributed by atoms with Gasteiger partial charge in [-0.15, -0.1) is 0 Å². The predicted octanol–water partition coefficient (Wildman–Crippen LogP) is 8.68. The Kier molecular flexibility index (Phi) is 18.7. The van der Waals surface area contributed by atoms with E-state index in [0.29, 0.717) is 11.1 Å². The van der Waals surface area contributed by atoms with Crippen molar-refractivity contribution in [2.24, 2.45) is 0 Å². The minimum atomic E-state index is -0.678. The number of alkyl halides is 1. The summed E-state index contributed by atoms with van der Waals surface area (Å²) in [6, 6.07) is 0. The SMILES string of the molecule is CCCC[C@H](/C=C\CCCCCCCCCCCBr)OCC(C)(C)[SiH](C)C. The van der Waals surface area contributed by atoms with Gasteiger partial charge in [-0.05, 0) is 30.7 Å². The maximum atomic E-state index is 6.32. The highest BCUT2D eigenvalue weighted by molar-refractivity contribution is 9.09. The Morgan fingerprint density at radius 2 is 1.44 bits per heavy atom. The topological polar surface area (TPSA) is 9.23 Å². The normalized spacial score (nSPS) is 13.7. The first kappa shape index (κ1) is 27.4. The van der Waals surface area contributed by atoms with Crippen molar-refractivity contribution in [3.8, 4) is 0 Å². The molecule has 3 heteroatoms. The predicted molar refractivity (Wildman–Crippen MR) is 131 cm³/mol. The molecule has 0 aliphatic carbocycles. The van der Waals surface area contributed by atoms with Crippen LogP contribution in [0.25, 0.3) is 0 Å². The fraction of sp³-hybridized carbons (Fsp3) is 0.917. The molecule has 0 bridgehead atoms. The number of ether oxygens (including phenoxy) is 1. The summed E-state index contributed by atoms with van der Waals surface area (Å²) in [5.41, 5.74) is 0. The first-order valence-electron chi connectivity index (χ1n) is 11.8. The van der Waals surface area contributed by atoms with Crippen molar-refractivity contribution in [2.75, 3.05) is 11.9 Å². The summed E-state index contributed by atoms with van der Waals surface area (Å²) in [6.07, 6.45) is 22.6. The third kappa shape index (κ3) is 17.0. The number of rotatable bonds is 19. The third-order valence-electron chi connectivity index (χ3n) is 5.93. The molecule has 0 spiro atoms. The zero-order valence-electron chi connectivity index (χ0n) is 19.2. The lowest BCUT2D eigenvalue weighted by atomic mass is 10.1. The molecule has 0 N–H and O–H groups in total. The number of halogens is 1. The van der Waals surface area contributed by atoms with Crippen LogP contribution in [0.2, 0.25) is 18.1 Å². The van der Waals surface area contributed by atoms with Crippen LogP contribution in [0.3, 0.4) is 0 Å². The largest absolute Gasteiger partial charge is 0.374 e. The van der Waals surface area contributed by atoms with Crippen LogP contribution in [0.4, 0.5) is 0 Å². The molecule has 1 atom stereocenters. The lowest BCUT2D eigenvalue weighted by Crippen LogP contribution is -2.28. The van der Waals surface area contributed by atoms with Crippen LogP contribution in [0, 0.1) is 0 Å². The van der Waals surface area contributed by atoms with Crippen molar-refractivity contribution in [2.45, 2.75) is 128 Å². The molecule has 0 heterocycles. The molecule has 0 aromatic heterocycles. The Hall–Kier alpha value is 0.397. The van der Waals surface area contributed by atoms with E-state index in [4.69, 9.17) is 4.74 Å². The molecular formula is C24H49BrOSi. The van der Waals surface area contributed by atoms with Gasteiger partial charge >= 0.3 is 0 Å². The molecule has 162 valence electrons. The van der Waals surface area contributed by atoms with Crippen molar-refractivity contribution < 1.29 is 4.74 Å². The summed E-state index contributed by atoms with van der Waals surface area (Å²) in [7, 11) is -0.678. The quantitative estimate of drug-likeness (QED) is 0.0809.